The molecule has 2 heterocycles. The van der Waals surface area contributed by atoms with Crippen LogP contribution in [0.5, 0.6) is 0 Å². The predicted molar refractivity (Wildman–Crippen MR) is 320 cm³/mol. The number of carbonyl (C=O) groups excluding carboxylic acids is 7. The molecular weight excluding hydrogens is 1350 g/mol. The van der Waals surface area contributed by atoms with Gasteiger partial charge >= 0.3 is 61.3 Å². The summed E-state index contributed by atoms with van der Waals surface area (Å²) in [5.74, 6) is -21.4. The first-order valence-corrected chi connectivity index (χ1v) is 30.6. The van der Waals surface area contributed by atoms with Crippen molar-refractivity contribution < 1.29 is 147 Å². The van der Waals surface area contributed by atoms with Crippen LogP contribution in [0.15, 0.2) is 38.6 Å². The van der Waals surface area contributed by atoms with E-state index in [4.69, 9.17) is 9.63 Å². The number of aromatic amines is 2. The molecule has 0 radical (unpaired) electrons. The average Bonchev–Trinajstić information content (AvgIpc) is 0.759. The van der Waals surface area contributed by atoms with E-state index in [0.717, 1.165) is 23.6 Å². The standard InChI is InChI=1S/C54H71N10O33P/c1-22(97-98(94,95)96-21-35(67)43(76)34(66)20-64-33-19-24(65)3-2-23(33)18-25-44(64)62-54(93)63-46(25)78)45(77)61-32(53(91)92)9-16-41(73)59-30(51(87)88)7-14-39(71)57-28(49(83)84)5-12-37(69)55-26(47(79)80)4-11-36(68)56-27(48(81)82)6-13-38(70)58-29(50(85)86)8-15-40(72)60-31(52(89)90)10-17-42(74)75/h2-3,18-19,22,26-32,34-35,43,66-67,76H,4-17,20-21H2,1H3,(H,55,69)(H,56,68)(H,57,71)(H,58,70)(H,59,73)(H,60,72)(H,61,77)(H,74,75)(H,79,80)(H,81,82)(H,83,84)(H,85,86)(H,87,88)(H,89,90)(H,91,92)(H,94,95)(H2,62,63,78,93)/t22-,26-,27-,28-,29-,30-,31-,32-,34-,35+,43-/m0/s1. The van der Waals surface area contributed by atoms with Gasteiger partial charge in [-0.25, -0.2) is 42.9 Å². The molecule has 1 aromatic heterocycles. The van der Waals surface area contributed by atoms with Gasteiger partial charge in [-0.15, -0.1) is 0 Å². The first kappa shape index (κ1) is 81.6. The fraction of sp³-hybridized carbons (Fsp3) is 0.519. The van der Waals surface area contributed by atoms with Gasteiger partial charge in [-0.2, -0.15) is 0 Å². The normalized spacial score (nSPS) is 15.2. The van der Waals surface area contributed by atoms with Gasteiger partial charge in [0.25, 0.3) is 5.56 Å². The minimum absolute atomic E-state index is 0.0645. The van der Waals surface area contributed by atoms with E-state index in [1.807, 2.05) is 42.2 Å². The van der Waals surface area contributed by atoms with Crippen molar-refractivity contribution >= 4 is 108 Å². The predicted octanol–water partition coefficient (Wildman–Crippen LogP) is -6.38. The van der Waals surface area contributed by atoms with Crippen molar-refractivity contribution in [1.82, 2.24) is 51.8 Å². The lowest BCUT2D eigenvalue weighted by molar-refractivity contribution is -0.144. The van der Waals surface area contributed by atoms with Crippen LogP contribution in [0, 0.1) is 0 Å². The fourth-order valence-electron chi connectivity index (χ4n) is 8.88. The zero-order valence-electron chi connectivity index (χ0n) is 51.3. The number of aromatic nitrogens is 3. The molecule has 3 rings (SSSR count). The molecular formula is C54H71N10O33P. The summed E-state index contributed by atoms with van der Waals surface area (Å²) >= 11 is 0. The zero-order chi connectivity index (χ0) is 74.1. The van der Waals surface area contributed by atoms with E-state index in [1.54, 1.807) is 0 Å². The van der Waals surface area contributed by atoms with Crippen molar-refractivity contribution in [3.05, 3.63) is 55.3 Å². The van der Waals surface area contributed by atoms with Gasteiger partial charge in [0.15, 0.2) is 5.43 Å². The molecule has 0 fully saturated rings. The Morgan fingerprint density at radius 2 is 0.816 bits per heavy atom. The highest BCUT2D eigenvalue weighted by atomic mass is 31.2. The SMILES string of the molecule is C[C@H](OP(=O)(O)OC[C@@H](O)[C@@H](O)[C@@H](O)Cn1c2cc(=O)ccc-2cc2c(=O)[nH]c(=O)[nH]c21)C(=O)N[C@@H](CCC(=O)N[C@@H](CCC(=O)N[C@@H](CCC(=O)N[C@@H](CCC(=O)N[C@@H](CCC(=O)N[C@@H](CCC(=O)N[C@@H](CCC(=O)O)C(=O)O)C(=O)O)C(=O)O)C(=O)O)C(=O)O)C(=O)O)C(=O)O. The third-order valence-corrected chi connectivity index (χ3v) is 15.1. The molecule has 0 saturated carbocycles. The summed E-state index contributed by atoms with van der Waals surface area (Å²) in [6.45, 7) is -1.16. The smallest absolute Gasteiger partial charge is 0.473 e. The van der Waals surface area contributed by atoms with Gasteiger partial charge in [-0.3, -0.25) is 67.0 Å². The van der Waals surface area contributed by atoms with E-state index in [-0.39, 0.29) is 22.3 Å². The van der Waals surface area contributed by atoms with Gasteiger partial charge in [-0.05, 0) is 75.6 Å². The van der Waals surface area contributed by atoms with Gasteiger partial charge in [0.2, 0.25) is 41.4 Å². The highest BCUT2D eigenvalue weighted by Gasteiger charge is 2.36. The van der Waals surface area contributed by atoms with Gasteiger partial charge < -0.3 is 103 Å². The molecule has 0 bridgehead atoms. The topological polar surface area (TPSA) is 706 Å². The number of nitrogens with one attached hydrogen (secondary N) is 9. The molecule has 1 unspecified atom stereocenters. The number of fused-ring (bicyclic) bond motifs is 2. The van der Waals surface area contributed by atoms with Crippen LogP contribution in [-0.4, -0.2) is 238 Å². The third kappa shape index (κ3) is 27.6. The minimum Gasteiger partial charge on any atom is -0.481 e. The second-order valence-corrected chi connectivity index (χ2v) is 23.0. The number of aliphatic carboxylic acids is 8. The lowest BCUT2D eigenvalue weighted by Gasteiger charge is -2.26. The highest BCUT2D eigenvalue weighted by molar-refractivity contribution is 7.47. The maximum Gasteiger partial charge on any atom is 0.473 e. The van der Waals surface area contributed by atoms with E-state index in [0.29, 0.717) is 0 Å². The Morgan fingerprint density at radius 3 is 1.15 bits per heavy atom. The number of aliphatic hydroxyl groups is 3. The summed E-state index contributed by atoms with van der Waals surface area (Å²) in [4.78, 5) is 234. The zero-order valence-corrected chi connectivity index (χ0v) is 52.2. The van der Waals surface area contributed by atoms with Crippen molar-refractivity contribution in [2.45, 2.75) is 170 Å². The number of benzene rings is 1. The number of phosphoric acid groups is 1. The summed E-state index contributed by atoms with van der Waals surface area (Å²) in [6.07, 6.45) is -18.5. The second kappa shape index (κ2) is 38.2. The van der Waals surface area contributed by atoms with Crippen molar-refractivity contribution in [3.63, 3.8) is 0 Å². The van der Waals surface area contributed by atoms with Crippen molar-refractivity contribution in [2.24, 2.45) is 0 Å². The minimum atomic E-state index is -5.41. The van der Waals surface area contributed by atoms with E-state index in [2.05, 4.69) is 9.51 Å². The summed E-state index contributed by atoms with van der Waals surface area (Å²) in [6, 6.07) is -7.92. The van der Waals surface area contributed by atoms with Crippen molar-refractivity contribution in [1.29, 1.82) is 0 Å². The molecule has 43 nitrogen and oxygen atoms in total. The molecule has 0 saturated heterocycles. The van der Waals surface area contributed by atoms with Gasteiger partial charge in [0.05, 0.1) is 24.2 Å². The van der Waals surface area contributed by atoms with Gasteiger partial charge in [0.1, 0.15) is 72.4 Å². The molecule has 7 amide bonds. The molecule has 44 heteroatoms. The molecule has 0 spiro atoms. The van der Waals surface area contributed by atoms with Crippen LogP contribution < -0.4 is 53.9 Å². The lowest BCUT2D eigenvalue weighted by Crippen LogP contribution is -2.47. The Kier molecular flexibility index (Phi) is 31.8. The van der Waals surface area contributed by atoms with Crippen LogP contribution in [-0.2, 0) is 92.1 Å². The van der Waals surface area contributed by atoms with Gasteiger partial charge in [-0.1, -0.05) is 0 Å². The number of hydrogen-bond acceptors (Lipinski definition) is 24. The van der Waals surface area contributed by atoms with Crippen molar-refractivity contribution in [3.8, 4) is 11.3 Å². The Balaban J connectivity index is 1.45. The first-order chi connectivity index (χ1) is 45.7. The molecule has 21 N–H and O–H groups in total. The molecule has 12 atom stereocenters. The van der Waals surface area contributed by atoms with E-state index < -0.39 is 283 Å². The highest BCUT2D eigenvalue weighted by Crippen LogP contribution is 2.45. The summed E-state index contributed by atoms with van der Waals surface area (Å²) in [5, 5.41) is 122. The number of rotatable bonds is 45. The number of nitrogens with zero attached hydrogens (tertiary/aromatic N) is 1. The molecule has 98 heavy (non-hydrogen) atoms. The molecule has 1 aliphatic heterocycles. The van der Waals surface area contributed by atoms with Crippen LogP contribution in [0.3, 0.4) is 0 Å². The number of H-pyrrole nitrogens is 2. The monoisotopic (exact) mass is 1420 g/mol. The summed E-state index contributed by atoms with van der Waals surface area (Å²) < 4.78 is 23.2. The molecule has 1 aromatic rings. The fourth-order valence-corrected chi connectivity index (χ4v) is 9.78. The number of carboxylic acids is 8. The van der Waals surface area contributed by atoms with Crippen LogP contribution >= 0.6 is 7.82 Å². The second-order valence-electron chi connectivity index (χ2n) is 21.6. The largest absolute Gasteiger partial charge is 0.481 e. The Hall–Kier alpha value is -10.6. The number of carbonyl (C=O) groups is 15. The van der Waals surface area contributed by atoms with Crippen LogP contribution in [0.25, 0.3) is 22.3 Å². The number of phosphoric ester groups is 1. The summed E-state index contributed by atoms with van der Waals surface area (Å²) in [5.41, 5.74) is -2.24. The Labute approximate surface area is 548 Å². The number of amides is 7. The quantitative estimate of drug-likeness (QED) is 0.0185. The summed E-state index contributed by atoms with van der Waals surface area (Å²) in [7, 11) is -5.41. The van der Waals surface area contributed by atoms with E-state index in [1.165, 1.54) is 12.1 Å². The number of pyridine rings is 1. The number of hydrogen-bond donors (Lipinski definition) is 21. The van der Waals surface area contributed by atoms with Crippen LogP contribution in [0.2, 0.25) is 0 Å². The Morgan fingerprint density at radius 1 is 0.480 bits per heavy atom. The van der Waals surface area contributed by atoms with Gasteiger partial charge in [0, 0.05) is 51.0 Å². The average molecular weight is 1420 g/mol. The third-order valence-electron chi connectivity index (χ3n) is 14.1. The molecule has 0 aromatic carbocycles. The molecule has 1 aliphatic carbocycles. The maximum absolute atomic E-state index is 12.9. The Bertz CT molecular complexity index is 3680. The number of aliphatic hydroxyl groups excluding tert-OH is 3. The van der Waals surface area contributed by atoms with E-state index >= 15 is 0 Å². The number of carboxylic acid groups (broad SMARTS) is 8. The first-order valence-electron chi connectivity index (χ1n) is 29.1. The van der Waals surface area contributed by atoms with E-state index in [9.17, 15) is 147 Å². The lowest BCUT2D eigenvalue weighted by atomic mass is 10.0. The van der Waals surface area contributed by atoms with Crippen LogP contribution in [0.1, 0.15) is 96.8 Å². The van der Waals surface area contributed by atoms with Crippen LogP contribution in [0.4, 0.5) is 0 Å². The maximum atomic E-state index is 12.9. The van der Waals surface area contributed by atoms with Crippen molar-refractivity contribution in [2.75, 3.05) is 6.61 Å². The molecule has 540 valence electrons. The molecule has 2 aliphatic rings.